The zero-order valence-corrected chi connectivity index (χ0v) is 14.1. The highest BCUT2D eigenvalue weighted by Crippen LogP contribution is 2.24. The van der Waals surface area contributed by atoms with Gasteiger partial charge in [0.2, 0.25) is 5.91 Å². The Bertz CT molecular complexity index is 890. The van der Waals surface area contributed by atoms with Crippen LogP contribution < -0.4 is 21.4 Å². The molecule has 0 radical (unpaired) electrons. The molecule has 0 fully saturated rings. The number of benzene rings is 1. The van der Waals surface area contributed by atoms with Crippen LogP contribution >= 0.6 is 11.6 Å². The van der Waals surface area contributed by atoms with E-state index in [1.807, 2.05) is 11.9 Å². The average molecular weight is 366 g/mol. The Kier molecular flexibility index (Phi) is 6.47. The summed E-state index contributed by atoms with van der Waals surface area (Å²) in [7, 11) is 0. The predicted octanol–water partition coefficient (Wildman–Crippen LogP) is 0.593. The minimum atomic E-state index is -0.697. The van der Waals surface area contributed by atoms with Crippen LogP contribution in [0.5, 0.6) is 5.75 Å². The number of aromatic nitrogens is 3. The van der Waals surface area contributed by atoms with E-state index >= 15 is 0 Å². The van der Waals surface area contributed by atoms with Gasteiger partial charge in [0, 0.05) is 12.8 Å². The molecule has 0 aliphatic carbocycles. The minimum Gasteiger partial charge on any atom is -0.492 e. The first-order valence-corrected chi connectivity index (χ1v) is 7.79. The molecule has 0 aliphatic heterocycles. The maximum absolute atomic E-state index is 11.7. The molecule has 1 aromatic heterocycles. The fraction of sp³-hybridized carbons (Fsp3) is 0.267. The Hall–Kier alpha value is -2.94. The Morgan fingerprint density at radius 2 is 2.24 bits per heavy atom. The van der Waals surface area contributed by atoms with Crippen LogP contribution in [0.3, 0.4) is 0 Å². The van der Waals surface area contributed by atoms with E-state index in [2.05, 4.69) is 20.7 Å². The number of hydrazone groups is 1. The van der Waals surface area contributed by atoms with E-state index in [9.17, 15) is 14.4 Å². The van der Waals surface area contributed by atoms with E-state index < -0.39 is 17.2 Å². The molecule has 0 atom stereocenters. The van der Waals surface area contributed by atoms with Crippen molar-refractivity contribution in [1.29, 1.82) is 0 Å². The number of halogens is 1. The van der Waals surface area contributed by atoms with Crippen LogP contribution in [0, 0.1) is 0 Å². The van der Waals surface area contributed by atoms with Crippen molar-refractivity contribution in [3.05, 3.63) is 55.3 Å². The smallest absolute Gasteiger partial charge is 0.342 e. The van der Waals surface area contributed by atoms with Gasteiger partial charge in [-0.05, 0) is 30.7 Å². The molecule has 132 valence electrons. The second-order valence-corrected chi connectivity index (χ2v) is 5.28. The minimum absolute atomic E-state index is 0.0104. The first-order valence-electron chi connectivity index (χ1n) is 7.41. The van der Waals surface area contributed by atoms with Gasteiger partial charge in [-0.15, -0.1) is 0 Å². The number of amides is 1. The number of aryl methyl sites for hydroxylation is 1. The summed E-state index contributed by atoms with van der Waals surface area (Å²) in [5.74, 6) is 0.171. The Balaban J connectivity index is 1.87. The highest BCUT2D eigenvalue weighted by Gasteiger charge is 2.06. The summed E-state index contributed by atoms with van der Waals surface area (Å²) in [5.41, 5.74) is 1.77. The lowest BCUT2D eigenvalue weighted by atomic mass is 10.2. The molecular formula is C15H16ClN5O4. The van der Waals surface area contributed by atoms with E-state index in [-0.39, 0.29) is 18.5 Å². The largest absolute Gasteiger partial charge is 0.492 e. The number of carbonyl (C=O) groups is 1. The molecule has 2 rings (SSSR count). The molecule has 1 heterocycles. The average Bonchev–Trinajstić information content (AvgIpc) is 2.56. The fourth-order valence-electron chi connectivity index (χ4n) is 1.88. The molecule has 1 amide bonds. The first-order chi connectivity index (χ1) is 12.0. The van der Waals surface area contributed by atoms with Crippen molar-refractivity contribution >= 4 is 23.7 Å². The molecule has 10 heteroatoms. The van der Waals surface area contributed by atoms with Crippen molar-refractivity contribution in [1.82, 2.24) is 20.6 Å². The summed E-state index contributed by atoms with van der Waals surface area (Å²) in [4.78, 5) is 36.0. The lowest BCUT2D eigenvalue weighted by molar-refractivity contribution is -0.121. The number of H-pyrrole nitrogens is 2. The number of aromatic amines is 2. The van der Waals surface area contributed by atoms with Crippen molar-refractivity contribution in [2.24, 2.45) is 5.10 Å². The molecule has 3 N–H and O–H groups in total. The molecule has 0 spiro atoms. The van der Waals surface area contributed by atoms with Gasteiger partial charge in [-0.2, -0.15) is 10.2 Å². The van der Waals surface area contributed by atoms with Gasteiger partial charge in [0.1, 0.15) is 11.4 Å². The van der Waals surface area contributed by atoms with Gasteiger partial charge in [0.15, 0.2) is 0 Å². The zero-order valence-electron chi connectivity index (χ0n) is 13.3. The monoisotopic (exact) mass is 365 g/mol. The van der Waals surface area contributed by atoms with Gasteiger partial charge in [-0.1, -0.05) is 11.6 Å². The van der Waals surface area contributed by atoms with Crippen LogP contribution in [0.1, 0.15) is 24.6 Å². The summed E-state index contributed by atoms with van der Waals surface area (Å²) in [6, 6.07) is 5.12. The van der Waals surface area contributed by atoms with Gasteiger partial charge in [0.05, 0.1) is 17.8 Å². The third kappa shape index (κ3) is 5.57. The van der Waals surface area contributed by atoms with Crippen LogP contribution in [0.25, 0.3) is 0 Å². The van der Waals surface area contributed by atoms with Crippen molar-refractivity contribution in [2.45, 2.75) is 19.8 Å². The normalized spacial score (nSPS) is 10.8. The summed E-state index contributed by atoms with van der Waals surface area (Å²) >= 11 is 6.05. The first kappa shape index (κ1) is 18.4. The molecular weight excluding hydrogens is 350 g/mol. The second-order valence-electron chi connectivity index (χ2n) is 4.87. The Labute approximate surface area is 147 Å². The number of ether oxygens (including phenoxy) is 1. The van der Waals surface area contributed by atoms with Crippen LogP contribution in [-0.4, -0.2) is 33.9 Å². The van der Waals surface area contributed by atoms with E-state index in [1.165, 1.54) is 6.21 Å². The molecule has 0 unspecified atom stereocenters. The number of nitrogens with one attached hydrogen (secondary N) is 3. The van der Waals surface area contributed by atoms with E-state index in [1.54, 1.807) is 18.2 Å². The van der Waals surface area contributed by atoms with Crippen LogP contribution in [0.15, 0.2) is 32.9 Å². The second kappa shape index (κ2) is 8.78. The number of nitrogens with zero attached hydrogens (tertiary/aromatic N) is 2. The van der Waals surface area contributed by atoms with Gasteiger partial charge in [-0.25, -0.2) is 15.3 Å². The SMILES string of the molecule is CCOc1ccc(/C=N/NC(=O)CCc2n[nH]c(=O)[nH]c2=O)cc1Cl. The summed E-state index contributed by atoms with van der Waals surface area (Å²) < 4.78 is 5.32. The van der Waals surface area contributed by atoms with Gasteiger partial charge >= 0.3 is 5.69 Å². The maximum Gasteiger partial charge on any atom is 0.342 e. The van der Waals surface area contributed by atoms with Crippen molar-refractivity contribution in [2.75, 3.05) is 6.61 Å². The molecule has 0 bridgehead atoms. The molecule has 1 aromatic carbocycles. The van der Waals surface area contributed by atoms with Crippen LogP contribution in [-0.2, 0) is 11.2 Å². The third-order valence-electron chi connectivity index (χ3n) is 3.03. The number of rotatable bonds is 7. The van der Waals surface area contributed by atoms with Crippen molar-refractivity contribution < 1.29 is 9.53 Å². The standard InChI is InChI=1S/C15H16ClN5O4/c1-2-25-12-5-3-9(7-10(12)16)8-17-20-13(22)6-4-11-14(23)18-15(24)21-19-11/h3,5,7-8H,2,4,6H2,1H3,(H,20,22)(H2,18,21,23,24)/b17-8+. The highest BCUT2D eigenvalue weighted by atomic mass is 35.5. The quantitative estimate of drug-likeness (QED) is 0.488. The Morgan fingerprint density at radius 3 is 2.92 bits per heavy atom. The topological polar surface area (TPSA) is 129 Å². The molecule has 0 aliphatic rings. The Morgan fingerprint density at radius 1 is 1.44 bits per heavy atom. The highest BCUT2D eigenvalue weighted by molar-refractivity contribution is 6.32. The number of hydrogen-bond donors (Lipinski definition) is 3. The van der Waals surface area contributed by atoms with Crippen LogP contribution in [0.4, 0.5) is 0 Å². The van der Waals surface area contributed by atoms with E-state index in [0.29, 0.717) is 22.9 Å². The van der Waals surface area contributed by atoms with Crippen molar-refractivity contribution in [3.8, 4) is 5.75 Å². The molecule has 2 aromatic rings. The van der Waals surface area contributed by atoms with Crippen LogP contribution in [0.2, 0.25) is 5.02 Å². The van der Waals surface area contributed by atoms with Gasteiger partial charge in [-0.3, -0.25) is 14.6 Å². The molecule has 0 saturated heterocycles. The molecule has 25 heavy (non-hydrogen) atoms. The summed E-state index contributed by atoms with van der Waals surface area (Å²) in [6.07, 6.45) is 1.50. The zero-order chi connectivity index (χ0) is 18.2. The van der Waals surface area contributed by atoms with E-state index in [0.717, 1.165) is 0 Å². The van der Waals surface area contributed by atoms with Crippen molar-refractivity contribution in [3.63, 3.8) is 0 Å². The molecule has 9 nitrogen and oxygen atoms in total. The summed E-state index contributed by atoms with van der Waals surface area (Å²) in [5, 5.41) is 9.95. The van der Waals surface area contributed by atoms with Gasteiger partial charge in [0.25, 0.3) is 5.56 Å². The maximum atomic E-state index is 11.7. The predicted molar refractivity (Wildman–Crippen MR) is 92.2 cm³/mol. The summed E-state index contributed by atoms with van der Waals surface area (Å²) in [6.45, 7) is 2.37. The van der Waals surface area contributed by atoms with E-state index in [4.69, 9.17) is 16.3 Å². The third-order valence-corrected chi connectivity index (χ3v) is 3.32. The molecule has 0 saturated carbocycles. The fourth-order valence-corrected chi connectivity index (χ4v) is 2.12. The number of hydrogen-bond acceptors (Lipinski definition) is 6. The lowest BCUT2D eigenvalue weighted by Gasteiger charge is -2.05. The lowest BCUT2D eigenvalue weighted by Crippen LogP contribution is -2.28. The van der Waals surface area contributed by atoms with Gasteiger partial charge < -0.3 is 4.74 Å². The number of carbonyl (C=O) groups excluding carboxylic acids is 1.